The van der Waals surface area contributed by atoms with E-state index in [9.17, 15) is 4.79 Å². The second-order valence-electron chi connectivity index (χ2n) is 5.67. The fourth-order valence-corrected chi connectivity index (χ4v) is 2.46. The lowest BCUT2D eigenvalue weighted by Gasteiger charge is -2.19. The Hall–Kier alpha value is -1.16. The lowest BCUT2D eigenvalue weighted by Crippen LogP contribution is -2.11. The zero-order valence-corrected chi connectivity index (χ0v) is 13.6. The van der Waals surface area contributed by atoms with Crippen molar-refractivity contribution in [3.05, 3.63) is 68.8 Å². The molecule has 2 aromatic carbocycles. The Morgan fingerprint density at radius 3 is 2.11 bits per heavy atom. The molecule has 0 aliphatic rings. The van der Waals surface area contributed by atoms with Crippen molar-refractivity contribution in [3.8, 4) is 0 Å². The Morgan fingerprint density at radius 1 is 0.947 bits per heavy atom. The van der Waals surface area contributed by atoms with Crippen LogP contribution in [0.4, 0.5) is 0 Å². The van der Waals surface area contributed by atoms with E-state index in [0.29, 0.717) is 0 Å². The summed E-state index contributed by atoms with van der Waals surface area (Å²) >= 11 is 2.22. The summed E-state index contributed by atoms with van der Waals surface area (Å²) in [5.41, 5.74) is 2.85. The van der Waals surface area contributed by atoms with Gasteiger partial charge in [-0.15, -0.1) is 0 Å². The molecule has 0 fully saturated rings. The molecule has 0 bridgehead atoms. The lowest BCUT2D eigenvalue weighted by atomic mass is 9.86. The summed E-state index contributed by atoms with van der Waals surface area (Å²) in [6, 6.07) is 15.6. The van der Waals surface area contributed by atoms with E-state index < -0.39 is 0 Å². The summed E-state index contributed by atoms with van der Waals surface area (Å²) in [4.78, 5) is 12.4. The topological polar surface area (TPSA) is 17.1 Å². The number of halogens is 1. The molecule has 0 saturated carbocycles. The average Bonchev–Trinajstić information content (AvgIpc) is 2.37. The summed E-state index contributed by atoms with van der Waals surface area (Å²) in [5, 5.41) is 0. The highest BCUT2D eigenvalue weighted by Gasteiger charge is 2.15. The molecule has 0 N–H and O–H groups in total. The summed E-state index contributed by atoms with van der Waals surface area (Å²) in [6.07, 6.45) is 0. The van der Waals surface area contributed by atoms with Gasteiger partial charge in [0.2, 0.25) is 0 Å². The van der Waals surface area contributed by atoms with Crippen molar-refractivity contribution in [1.82, 2.24) is 0 Å². The molecule has 0 unspecified atom stereocenters. The van der Waals surface area contributed by atoms with E-state index >= 15 is 0 Å². The first-order valence-electron chi connectivity index (χ1n) is 6.29. The third-order valence-electron chi connectivity index (χ3n) is 3.10. The minimum atomic E-state index is 0.0824. The van der Waals surface area contributed by atoms with Crippen molar-refractivity contribution >= 4 is 28.4 Å². The third kappa shape index (κ3) is 3.44. The van der Waals surface area contributed by atoms with Crippen LogP contribution in [0, 0.1) is 3.57 Å². The van der Waals surface area contributed by atoms with E-state index in [1.165, 1.54) is 5.56 Å². The van der Waals surface area contributed by atoms with Crippen molar-refractivity contribution in [3.63, 3.8) is 0 Å². The molecule has 0 saturated heterocycles. The van der Waals surface area contributed by atoms with Gasteiger partial charge in [0.1, 0.15) is 0 Å². The van der Waals surface area contributed by atoms with E-state index in [1.54, 1.807) is 0 Å². The van der Waals surface area contributed by atoms with Gasteiger partial charge in [-0.3, -0.25) is 4.79 Å². The first-order chi connectivity index (χ1) is 8.88. The molecule has 19 heavy (non-hydrogen) atoms. The van der Waals surface area contributed by atoms with Gasteiger partial charge in [-0.2, -0.15) is 0 Å². The van der Waals surface area contributed by atoms with Gasteiger partial charge in [0.15, 0.2) is 5.78 Å². The van der Waals surface area contributed by atoms with Gasteiger partial charge in [-0.1, -0.05) is 57.2 Å². The van der Waals surface area contributed by atoms with E-state index in [-0.39, 0.29) is 11.2 Å². The number of hydrogen-bond donors (Lipinski definition) is 0. The van der Waals surface area contributed by atoms with Crippen molar-refractivity contribution < 1.29 is 4.79 Å². The molecule has 0 atom stereocenters. The van der Waals surface area contributed by atoms with Crippen molar-refractivity contribution in [2.24, 2.45) is 0 Å². The normalized spacial score (nSPS) is 11.4. The molecule has 0 aliphatic carbocycles. The highest BCUT2D eigenvalue weighted by molar-refractivity contribution is 14.1. The summed E-state index contributed by atoms with van der Waals surface area (Å²) in [7, 11) is 0. The largest absolute Gasteiger partial charge is 0.289 e. The molecule has 0 radical (unpaired) electrons. The van der Waals surface area contributed by atoms with Crippen LogP contribution >= 0.6 is 22.6 Å². The van der Waals surface area contributed by atoms with Gasteiger partial charge in [0.05, 0.1) is 0 Å². The van der Waals surface area contributed by atoms with Crippen LogP contribution in [0.15, 0.2) is 48.5 Å². The van der Waals surface area contributed by atoms with Gasteiger partial charge in [0.25, 0.3) is 0 Å². The molecular weight excluding hydrogens is 347 g/mol. The van der Waals surface area contributed by atoms with Gasteiger partial charge in [-0.05, 0) is 45.7 Å². The van der Waals surface area contributed by atoms with Gasteiger partial charge >= 0.3 is 0 Å². The van der Waals surface area contributed by atoms with E-state index in [0.717, 1.165) is 14.7 Å². The van der Waals surface area contributed by atoms with Crippen molar-refractivity contribution in [2.75, 3.05) is 0 Å². The number of carbonyl (C=O) groups excluding carboxylic acids is 1. The fourth-order valence-electron chi connectivity index (χ4n) is 1.92. The predicted molar refractivity (Wildman–Crippen MR) is 87.7 cm³/mol. The maximum atomic E-state index is 12.4. The molecule has 0 amide bonds. The van der Waals surface area contributed by atoms with E-state index in [1.807, 2.05) is 48.5 Å². The first-order valence-corrected chi connectivity index (χ1v) is 7.36. The predicted octanol–water partition coefficient (Wildman–Crippen LogP) is 4.82. The highest BCUT2D eigenvalue weighted by Crippen LogP contribution is 2.23. The van der Waals surface area contributed by atoms with Crippen LogP contribution in [0.25, 0.3) is 0 Å². The van der Waals surface area contributed by atoms with Crippen molar-refractivity contribution in [2.45, 2.75) is 26.2 Å². The smallest absolute Gasteiger partial charge is 0.193 e. The zero-order chi connectivity index (χ0) is 14.0. The standard InChI is InChI=1S/C17H17IO/c1-17(2,3)14-9-7-12(8-10-14)16(19)13-5-4-6-15(18)11-13/h4-11H,1-3H3. The zero-order valence-electron chi connectivity index (χ0n) is 11.4. The maximum absolute atomic E-state index is 12.4. The maximum Gasteiger partial charge on any atom is 0.193 e. The molecule has 2 heteroatoms. The molecule has 98 valence electrons. The Kier molecular flexibility index (Phi) is 4.09. The lowest BCUT2D eigenvalue weighted by molar-refractivity contribution is 0.103. The molecule has 0 spiro atoms. The Labute approximate surface area is 128 Å². The average molecular weight is 364 g/mol. The second-order valence-corrected chi connectivity index (χ2v) is 6.91. The second kappa shape index (κ2) is 5.45. The number of carbonyl (C=O) groups is 1. The quantitative estimate of drug-likeness (QED) is 0.552. The number of rotatable bonds is 2. The van der Waals surface area contributed by atoms with Gasteiger partial charge in [-0.25, -0.2) is 0 Å². The number of ketones is 1. The summed E-state index contributed by atoms with van der Waals surface area (Å²) in [5.74, 6) is 0.0824. The molecule has 0 aliphatic heterocycles. The van der Waals surface area contributed by atoms with Crippen LogP contribution in [-0.4, -0.2) is 5.78 Å². The Balaban J connectivity index is 2.30. The minimum Gasteiger partial charge on any atom is -0.289 e. The third-order valence-corrected chi connectivity index (χ3v) is 3.77. The molecular formula is C17H17IO. The van der Waals surface area contributed by atoms with E-state index in [4.69, 9.17) is 0 Å². The molecule has 0 aromatic heterocycles. The SMILES string of the molecule is CC(C)(C)c1ccc(C(=O)c2cccc(I)c2)cc1. The Bertz CT molecular complexity index is 591. The molecule has 0 heterocycles. The molecule has 2 rings (SSSR count). The molecule has 1 nitrogen and oxygen atoms in total. The van der Waals surface area contributed by atoms with Crippen LogP contribution in [0.2, 0.25) is 0 Å². The number of hydrogen-bond acceptors (Lipinski definition) is 1. The summed E-state index contributed by atoms with van der Waals surface area (Å²) in [6.45, 7) is 6.51. The highest BCUT2D eigenvalue weighted by atomic mass is 127. The van der Waals surface area contributed by atoms with Crippen LogP contribution < -0.4 is 0 Å². The van der Waals surface area contributed by atoms with Crippen LogP contribution in [0.5, 0.6) is 0 Å². The Morgan fingerprint density at radius 2 is 1.58 bits per heavy atom. The van der Waals surface area contributed by atoms with Crippen molar-refractivity contribution in [1.29, 1.82) is 0 Å². The molecule has 2 aromatic rings. The monoisotopic (exact) mass is 364 g/mol. The number of benzene rings is 2. The van der Waals surface area contributed by atoms with Gasteiger partial charge in [0, 0.05) is 14.7 Å². The van der Waals surface area contributed by atoms with Crippen LogP contribution in [0.1, 0.15) is 42.3 Å². The minimum absolute atomic E-state index is 0.0824. The van der Waals surface area contributed by atoms with Crippen LogP contribution in [0.3, 0.4) is 0 Å². The van der Waals surface area contributed by atoms with Crippen LogP contribution in [-0.2, 0) is 5.41 Å². The van der Waals surface area contributed by atoms with Gasteiger partial charge < -0.3 is 0 Å². The fraction of sp³-hybridized carbons (Fsp3) is 0.235. The first kappa shape index (κ1) is 14.3. The van der Waals surface area contributed by atoms with E-state index in [2.05, 4.69) is 43.4 Å². The summed E-state index contributed by atoms with van der Waals surface area (Å²) < 4.78 is 1.08.